The molecule has 1 aromatic carbocycles. The molecule has 0 aromatic heterocycles. The minimum Gasteiger partial charge on any atom is -0.480 e. The molecule has 0 saturated heterocycles. The van der Waals surface area contributed by atoms with Crippen LogP contribution in [0, 0.1) is 5.92 Å². The average molecular weight is 398 g/mol. The number of hydrogen-bond donors (Lipinski definition) is 2. The summed E-state index contributed by atoms with van der Waals surface area (Å²) in [5.41, 5.74) is 0.577. The van der Waals surface area contributed by atoms with Gasteiger partial charge in [0.25, 0.3) is 0 Å². The molecule has 3 aliphatic rings. The first kappa shape index (κ1) is 19.2. The Morgan fingerprint density at radius 3 is 2.64 bits per heavy atom. The maximum absolute atomic E-state index is 12.7. The van der Waals surface area contributed by atoms with Gasteiger partial charge in [-0.25, -0.2) is 0 Å². The van der Waals surface area contributed by atoms with Crippen LogP contribution in [0.2, 0.25) is 0 Å². The molecule has 4 rings (SSSR count). The lowest BCUT2D eigenvalue weighted by molar-refractivity contribution is -0.139. The van der Waals surface area contributed by atoms with Crippen molar-refractivity contribution in [2.75, 3.05) is 19.9 Å². The molecule has 0 bridgehead atoms. The van der Waals surface area contributed by atoms with Crippen LogP contribution in [0.3, 0.4) is 0 Å². The molecule has 1 aromatic rings. The van der Waals surface area contributed by atoms with Crippen LogP contribution in [-0.4, -0.2) is 54.6 Å². The second kappa shape index (κ2) is 8.08. The summed E-state index contributed by atoms with van der Waals surface area (Å²) >= 11 is 0. The number of hydrogen-bond acceptors (Lipinski definition) is 6. The first-order chi connectivity index (χ1) is 13.5. The fourth-order valence-corrected chi connectivity index (χ4v) is 3.76. The fourth-order valence-electron chi connectivity index (χ4n) is 3.76. The number of ether oxygens (including phenoxy) is 3. The number of alkyl halides is 2. The van der Waals surface area contributed by atoms with E-state index >= 15 is 0 Å². The summed E-state index contributed by atoms with van der Waals surface area (Å²) in [7, 11) is 0. The van der Waals surface area contributed by atoms with Gasteiger partial charge in [-0.2, -0.15) is 8.78 Å². The smallest absolute Gasteiger partial charge is 0.387 e. The molecule has 2 N–H and O–H groups in total. The molecule has 0 radical (unpaired) electrons. The summed E-state index contributed by atoms with van der Waals surface area (Å²) in [4.78, 5) is 13.2. The Morgan fingerprint density at radius 2 is 2.00 bits per heavy atom. The molecule has 0 spiro atoms. The molecule has 2 aliphatic carbocycles. The summed E-state index contributed by atoms with van der Waals surface area (Å²) in [5, 5.41) is 12.5. The molecule has 9 heteroatoms. The van der Waals surface area contributed by atoms with Crippen LogP contribution in [0.5, 0.6) is 17.2 Å². The zero-order valence-electron chi connectivity index (χ0n) is 15.4. The highest BCUT2D eigenvalue weighted by Crippen LogP contribution is 2.39. The fraction of sp³-hybridized carbons (Fsp3) is 0.632. The van der Waals surface area contributed by atoms with E-state index in [-0.39, 0.29) is 31.2 Å². The van der Waals surface area contributed by atoms with Crippen molar-refractivity contribution in [1.29, 1.82) is 0 Å². The van der Waals surface area contributed by atoms with Gasteiger partial charge in [-0.05, 0) is 37.7 Å². The quantitative estimate of drug-likeness (QED) is 0.627. The van der Waals surface area contributed by atoms with E-state index in [9.17, 15) is 13.6 Å². The zero-order valence-corrected chi connectivity index (χ0v) is 15.4. The summed E-state index contributed by atoms with van der Waals surface area (Å²) < 4.78 is 40.6. The maximum atomic E-state index is 12.7. The SMILES string of the molecule is O=C(O)CN(CC1CC1)C1CC(NCc2cc3c(cc2OC(F)F)OCO3)C1. The van der Waals surface area contributed by atoms with Crippen LogP contribution in [0.25, 0.3) is 0 Å². The van der Waals surface area contributed by atoms with Crippen LogP contribution in [0.15, 0.2) is 12.1 Å². The highest BCUT2D eigenvalue weighted by Gasteiger charge is 2.37. The van der Waals surface area contributed by atoms with E-state index in [1.54, 1.807) is 6.07 Å². The monoisotopic (exact) mass is 398 g/mol. The van der Waals surface area contributed by atoms with Crippen molar-refractivity contribution in [3.8, 4) is 17.2 Å². The third-order valence-corrected chi connectivity index (χ3v) is 5.51. The number of benzene rings is 1. The van der Waals surface area contributed by atoms with Gasteiger partial charge >= 0.3 is 12.6 Å². The van der Waals surface area contributed by atoms with Crippen LogP contribution < -0.4 is 19.5 Å². The van der Waals surface area contributed by atoms with Crippen LogP contribution >= 0.6 is 0 Å². The molecular weight excluding hydrogens is 374 g/mol. The van der Waals surface area contributed by atoms with Crippen molar-refractivity contribution in [2.45, 2.75) is 50.9 Å². The van der Waals surface area contributed by atoms with Crippen molar-refractivity contribution in [2.24, 2.45) is 5.92 Å². The van der Waals surface area contributed by atoms with Gasteiger partial charge < -0.3 is 24.6 Å². The first-order valence-electron chi connectivity index (χ1n) is 9.54. The minimum absolute atomic E-state index is 0.0606. The van der Waals surface area contributed by atoms with Gasteiger partial charge in [0, 0.05) is 36.8 Å². The molecule has 154 valence electrons. The van der Waals surface area contributed by atoms with Gasteiger partial charge in [0.1, 0.15) is 5.75 Å². The Kier molecular flexibility index (Phi) is 5.54. The van der Waals surface area contributed by atoms with Crippen LogP contribution in [-0.2, 0) is 11.3 Å². The Hall–Kier alpha value is -2.13. The standard InChI is InChI=1S/C19H24F2N2O5/c20-19(21)28-15-6-17-16(26-10-27-17)3-12(15)7-22-13-4-14(5-13)23(9-18(24)25)8-11-1-2-11/h3,6,11,13-14,19,22H,1-2,4-5,7-10H2,(H,24,25). The molecule has 28 heavy (non-hydrogen) atoms. The van der Waals surface area contributed by atoms with Crippen molar-refractivity contribution < 1.29 is 32.9 Å². The van der Waals surface area contributed by atoms with Crippen molar-refractivity contribution in [1.82, 2.24) is 10.2 Å². The highest BCUT2D eigenvalue weighted by molar-refractivity contribution is 5.69. The summed E-state index contributed by atoms with van der Waals surface area (Å²) in [6, 6.07) is 3.56. The maximum Gasteiger partial charge on any atom is 0.387 e. The molecule has 0 amide bonds. The predicted molar refractivity (Wildman–Crippen MR) is 94.8 cm³/mol. The lowest BCUT2D eigenvalue weighted by Crippen LogP contribution is -2.54. The van der Waals surface area contributed by atoms with Gasteiger partial charge in [-0.1, -0.05) is 0 Å². The lowest BCUT2D eigenvalue weighted by Gasteiger charge is -2.43. The molecular formula is C19H24F2N2O5. The molecule has 0 atom stereocenters. The largest absolute Gasteiger partial charge is 0.480 e. The second-order valence-corrected chi connectivity index (χ2v) is 7.66. The third-order valence-electron chi connectivity index (χ3n) is 5.51. The number of carboxylic acids is 1. The number of nitrogens with one attached hydrogen (secondary N) is 1. The van der Waals surface area contributed by atoms with Gasteiger partial charge in [-0.3, -0.25) is 9.69 Å². The van der Waals surface area contributed by atoms with Crippen molar-refractivity contribution >= 4 is 5.97 Å². The number of fused-ring (bicyclic) bond motifs is 1. The van der Waals surface area contributed by atoms with E-state index in [4.69, 9.17) is 14.6 Å². The number of nitrogens with zero attached hydrogens (tertiary/aromatic N) is 1. The van der Waals surface area contributed by atoms with E-state index in [1.165, 1.54) is 18.9 Å². The molecule has 0 unspecified atom stereocenters. The first-order valence-corrected chi connectivity index (χ1v) is 9.54. The number of halogens is 2. The molecule has 7 nitrogen and oxygen atoms in total. The molecule has 1 aliphatic heterocycles. The van der Waals surface area contributed by atoms with Crippen LogP contribution in [0.1, 0.15) is 31.2 Å². The van der Waals surface area contributed by atoms with E-state index in [2.05, 4.69) is 15.0 Å². The van der Waals surface area contributed by atoms with Gasteiger partial charge in [0.05, 0.1) is 6.54 Å². The third kappa shape index (κ3) is 4.64. The Labute approximate surface area is 161 Å². The van der Waals surface area contributed by atoms with E-state index in [1.807, 2.05) is 0 Å². The van der Waals surface area contributed by atoms with Crippen LogP contribution in [0.4, 0.5) is 8.78 Å². The van der Waals surface area contributed by atoms with Gasteiger partial charge in [0.15, 0.2) is 11.5 Å². The normalized spacial score (nSPS) is 23.1. The number of carboxylic acid groups (broad SMARTS) is 1. The summed E-state index contributed by atoms with van der Waals surface area (Å²) in [5.74, 6) is 0.818. The van der Waals surface area contributed by atoms with Crippen molar-refractivity contribution in [3.63, 3.8) is 0 Å². The number of aliphatic carboxylic acids is 1. The summed E-state index contributed by atoms with van der Waals surface area (Å²) in [6.45, 7) is -1.58. The van der Waals surface area contributed by atoms with Gasteiger partial charge in [0.2, 0.25) is 6.79 Å². The minimum atomic E-state index is -2.92. The predicted octanol–water partition coefficient (Wildman–Crippen LogP) is 2.43. The highest BCUT2D eigenvalue weighted by atomic mass is 19.3. The average Bonchev–Trinajstić information content (AvgIpc) is 3.27. The Morgan fingerprint density at radius 1 is 1.29 bits per heavy atom. The van der Waals surface area contributed by atoms with E-state index in [0.717, 1.165) is 19.4 Å². The Bertz CT molecular complexity index is 723. The topological polar surface area (TPSA) is 80.3 Å². The lowest BCUT2D eigenvalue weighted by atomic mass is 9.85. The number of carbonyl (C=O) groups is 1. The molecule has 1 heterocycles. The summed E-state index contributed by atoms with van der Waals surface area (Å²) in [6.07, 6.45) is 4.05. The van der Waals surface area contributed by atoms with Crippen molar-refractivity contribution in [3.05, 3.63) is 17.7 Å². The molecule has 2 saturated carbocycles. The Balaban J connectivity index is 1.32. The van der Waals surface area contributed by atoms with E-state index < -0.39 is 12.6 Å². The molecule has 2 fully saturated rings. The number of rotatable bonds is 10. The van der Waals surface area contributed by atoms with E-state index in [0.29, 0.717) is 29.5 Å². The second-order valence-electron chi connectivity index (χ2n) is 7.66. The zero-order chi connectivity index (χ0) is 19.7. The van der Waals surface area contributed by atoms with Gasteiger partial charge in [-0.15, -0.1) is 0 Å².